The van der Waals surface area contributed by atoms with Crippen LogP contribution in [-0.2, 0) is 11.3 Å². The Kier molecular flexibility index (Phi) is 7.70. The first kappa shape index (κ1) is 17.1. The Labute approximate surface area is 126 Å². The van der Waals surface area contributed by atoms with E-state index in [1.165, 1.54) is 25.3 Å². The van der Waals surface area contributed by atoms with E-state index in [2.05, 4.69) is 6.92 Å². The fraction of sp³-hybridized carbons (Fsp3) is 0.562. The number of halogens is 1. The van der Waals surface area contributed by atoms with Gasteiger partial charge in [0.05, 0.1) is 12.7 Å². The van der Waals surface area contributed by atoms with Crippen LogP contribution in [0, 0.1) is 5.82 Å². The molecule has 0 heterocycles. The molecular weight excluding hydrogens is 273 g/mol. The van der Waals surface area contributed by atoms with Crippen LogP contribution in [0.3, 0.4) is 0 Å². The van der Waals surface area contributed by atoms with Crippen molar-refractivity contribution in [3.8, 4) is 0 Å². The molecule has 2 nitrogen and oxygen atoms in total. The summed E-state index contributed by atoms with van der Waals surface area (Å²) in [7, 11) is 0. The lowest BCUT2D eigenvalue weighted by molar-refractivity contribution is 0.0443. The summed E-state index contributed by atoms with van der Waals surface area (Å²) >= 11 is 4.90. The van der Waals surface area contributed by atoms with Gasteiger partial charge < -0.3 is 10.5 Å². The van der Waals surface area contributed by atoms with Crippen LogP contribution in [0.25, 0.3) is 0 Å². The maximum Gasteiger partial charge on any atom is 0.128 e. The van der Waals surface area contributed by atoms with Crippen molar-refractivity contribution in [1.82, 2.24) is 0 Å². The molecule has 1 aromatic carbocycles. The zero-order valence-corrected chi connectivity index (χ0v) is 13.1. The molecule has 0 aliphatic carbocycles. The monoisotopic (exact) mass is 297 g/mol. The van der Waals surface area contributed by atoms with Gasteiger partial charge in [0.1, 0.15) is 10.8 Å². The third-order valence-electron chi connectivity index (χ3n) is 3.32. The molecule has 0 saturated carbocycles. The van der Waals surface area contributed by atoms with E-state index in [0.29, 0.717) is 11.1 Å². The Morgan fingerprint density at radius 3 is 2.75 bits per heavy atom. The highest BCUT2D eigenvalue weighted by atomic mass is 32.1. The number of thiocarbonyl (C=S) groups is 1. The van der Waals surface area contributed by atoms with Gasteiger partial charge in [0.25, 0.3) is 0 Å². The Morgan fingerprint density at radius 1 is 1.35 bits per heavy atom. The molecule has 0 bridgehead atoms. The first-order valence-electron chi connectivity index (χ1n) is 7.24. The molecule has 0 saturated heterocycles. The van der Waals surface area contributed by atoms with E-state index in [0.717, 1.165) is 12.8 Å². The van der Waals surface area contributed by atoms with Gasteiger partial charge in [-0.1, -0.05) is 44.8 Å². The number of rotatable bonds is 9. The third-order valence-corrected chi connectivity index (χ3v) is 3.55. The Hall–Kier alpha value is -1.00. The molecule has 0 aliphatic heterocycles. The van der Waals surface area contributed by atoms with Gasteiger partial charge in [-0.25, -0.2) is 4.39 Å². The average molecular weight is 297 g/mol. The van der Waals surface area contributed by atoms with E-state index in [1.54, 1.807) is 12.1 Å². The summed E-state index contributed by atoms with van der Waals surface area (Å²) in [4.78, 5) is 0.277. The summed E-state index contributed by atoms with van der Waals surface area (Å²) in [6, 6.07) is 4.65. The quantitative estimate of drug-likeness (QED) is 0.544. The van der Waals surface area contributed by atoms with E-state index >= 15 is 0 Å². The van der Waals surface area contributed by atoms with Gasteiger partial charge in [-0.2, -0.15) is 0 Å². The van der Waals surface area contributed by atoms with E-state index in [1.807, 2.05) is 6.92 Å². The molecule has 0 spiro atoms. The zero-order valence-electron chi connectivity index (χ0n) is 12.3. The highest BCUT2D eigenvalue weighted by molar-refractivity contribution is 7.80. The number of nitrogens with two attached hydrogens (primary N) is 1. The topological polar surface area (TPSA) is 35.2 Å². The lowest BCUT2D eigenvalue weighted by atomic mass is 10.1. The number of unbranched alkanes of at least 4 members (excludes halogenated alkanes) is 3. The second-order valence-electron chi connectivity index (χ2n) is 5.14. The van der Waals surface area contributed by atoms with Crippen LogP contribution in [0.1, 0.15) is 57.1 Å². The van der Waals surface area contributed by atoms with Crippen LogP contribution in [0.2, 0.25) is 0 Å². The van der Waals surface area contributed by atoms with Crippen molar-refractivity contribution in [2.24, 2.45) is 5.73 Å². The summed E-state index contributed by atoms with van der Waals surface area (Å²) in [5.41, 5.74) is 6.74. The molecule has 4 heteroatoms. The minimum Gasteiger partial charge on any atom is -0.389 e. The van der Waals surface area contributed by atoms with Crippen molar-refractivity contribution in [3.63, 3.8) is 0 Å². The molecule has 2 N–H and O–H groups in total. The predicted octanol–water partition coefficient (Wildman–Crippen LogP) is 4.34. The van der Waals surface area contributed by atoms with Crippen molar-refractivity contribution in [2.45, 2.75) is 58.7 Å². The largest absolute Gasteiger partial charge is 0.389 e. The highest BCUT2D eigenvalue weighted by Crippen LogP contribution is 2.15. The first-order chi connectivity index (χ1) is 9.54. The van der Waals surface area contributed by atoms with Crippen LogP contribution in [-0.4, -0.2) is 11.1 Å². The van der Waals surface area contributed by atoms with Gasteiger partial charge in [0.15, 0.2) is 0 Å². The molecule has 20 heavy (non-hydrogen) atoms. The van der Waals surface area contributed by atoms with Gasteiger partial charge in [0, 0.05) is 11.1 Å². The summed E-state index contributed by atoms with van der Waals surface area (Å²) in [6.45, 7) is 4.48. The molecule has 0 aliphatic rings. The molecule has 1 atom stereocenters. The Bertz CT molecular complexity index is 436. The van der Waals surface area contributed by atoms with E-state index in [-0.39, 0.29) is 23.5 Å². The summed E-state index contributed by atoms with van der Waals surface area (Å²) in [6.07, 6.45) is 6.03. The Morgan fingerprint density at radius 2 is 2.10 bits per heavy atom. The number of benzene rings is 1. The van der Waals surface area contributed by atoms with Crippen molar-refractivity contribution < 1.29 is 9.13 Å². The SMILES string of the molecule is CCCCCCC(C)OCc1cc(C(N)=S)ccc1F. The summed E-state index contributed by atoms with van der Waals surface area (Å²) < 4.78 is 19.4. The van der Waals surface area contributed by atoms with Crippen LogP contribution in [0.5, 0.6) is 0 Å². The minimum atomic E-state index is -0.275. The first-order valence-corrected chi connectivity index (χ1v) is 7.65. The third kappa shape index (κ3) is 5.97. The molecule has 0 aromatic heterocycles. The van der Waals surface area contributed by atoms with Crippen molar-refractivity contribution in [1.29, 1.82) is 0 Å². The highest BCUT2D eigenvalue weighted by Gasteiger charge is 2.08. The zero-order chi connectivity index (χ0) is 15.0. The van der Waals surface area contributed by atoms with Gasteiger partial charge in [0.2, 0.25) is 0 Å². The molecule has 1 unspecified atom stereocenters. The number of hydrogen-bond acceptors (Lipinski definition) is 2. The van der Waals surface area contributed by atoms with E-state index in [4.69, 9.17) is 22.7 Å². The summed E-state index contributed by atoms with van der Waals surface area (Å²) in [5.74, 6) is -0.275. The molecular formula is C16H24FNOS. The van der Waals surface area contributed by atoms with Crippen LogP contribution < -0.4 is 5.73 Å². The van der Waals surface area contributed by atoms with E-state index < -0.39 is 0 Å². The average Bonchev–Trinajstić information content (AvgIpc) is 2.42. The molecule has 1 aromatic rings. The molecule has 0 amide bonds. The predicted molar refractivity (Wildman–Crippen MR) is 85.3 cm³/mol. The lowest BCUT2D eigenvalue weighted by Crippen LogP contribution is -2.12. The molecule has 112 valence electrons. The molecule has 0 radical (unpaired) electrons. The van der Waals surface area contributed by atoms with Crippen LogP contribution in [0.15, 0.2) is 18.2 Å². The Balaban J connectivity index is 2.44. The van der Waals surface area contributed by atoms with E-state index in [9.17, 15) is 4.39 Å². The van der Waals surface area contributed by atoms with Gasteiger partial charge in [-0.15, -0.1) is 0 Å². The van der Waals surface area contributed by atoms with Gasteiger partial charge >= 0.3 is 0 Å². The second-order valence-corrected chi connectivity index (χ2v) is 5.58. The van der Waals surface area contributed by atoms with Crippen LogP contribution in [0.4, 0.5) is 4.39 Å². The molecule has 1 rings (SSSR count). The van der Waals surface area contributed by atoms with Crippen LogP contribution >= 0.6 is 12.2 Å². The van der Waals surface area contributed by atoms with Gasteiger partial charge in [-0.3, -0.25) is 0 Å². The number of ether oxygens (including phenoxy) is 1. The molecule has 0 fully saturated rings. The lowest BCUT2D eigenvalue weighted by Gasteiger charge is -2.14. The maximum absolute atomic E-state index is 13.7. The number of hydrogen-bond donors (Lipinski definition) is 1. The second kappa shape index (κ2) is 9.03. The minimum absolute atomic E-state index is 0.139. The van der Waals surface area contributed by atoms with Crippen molar-refractivity contribution >= 4 is 17.2 Å². The van der Waals surface area contributed by atoms with Crippen molar-refractivity contribution in [2.75, 3.05) is 0 Å². The fourth-order valence-electron chi connectivity index (χ4n) is 2.01. The smallest absolute Gasteiger partial charge is 0.128 e. The van der Waals surface area contributed by atoms with Crippen molar-refractivity contribution in [3.05, 3.63) is 35.1 Å². The van der Waals surface area contributed by atoms with Gasteiger partial charge in [-0.05, 0) is 31.5 Å². The summed E-state index contributed by atoms with van der Waals surface area (Å²) in [5, 5.41) is 0. The normalized spacial score (nSPS) is 12.3. The maximum atomic E-state index is 13.7. The fourth-order valence-corrected chi connectivity index (χ4v) is 2.14. The standard InChI is InChI=1S/C16H24FNOS/c1-3-4-5-6-7-12(2)19-11-14-10-13(16(18)20)8-9-15(14)17/h8-10,12H,3-7,11H2,1-2H3,(H2,18,20).